The van der Waals surface area contributed by atoms with Gasteiger partial charge in [0.05, 0.1) is 25.9 Å². The summed E-state index contributed by atoms with van der Waals surface area (Å²) in [6.45, 7) is 3.25. The summed E-state index contributed by atoms with van der Waals surface area (Å²) in [5, 5.41) is 11.5. The van der Waals surface area contributed by atoms with E-state index in [2.05, 4.69) is 21.1 Å². The number of carbonyl (C=O) groups is 4. The summed E-state index contributed by atoms with van der Waals surface area (Å²) in [6.07, 6.45) is 3.81. The molecular weight excluding hydrogens is 503 g/mol. The highest BCUT2D eigenvalue weighted by Crippen LogP contribution is 2.31. The van der Waals surface area contributed by atoms with Gasteiger partial charge in [0.2, 0.25) is 11.8 Å². The normalized spacial score (nSPS) is 24.6. The van der Waals surface area contributed by atoms with Crippen molar-refractivity contribution in [3.63, 3.8) is 0 Å². The molecule has 12 nitrogen and oxygen atoms in total. The first-order valence-corrected chi connectivity index (χ1v) is 12.4. The van der Waals surface area contributed by atoms with E-state index in [9.17, 15) is 23.6 Å². The average Bonchev–Trinajstić information content (AvgIpc) is 3.49. The number of hydrogen-bond acceptors (Lipinski definition) is 9. The van der Waals surface area contributed by atoms with Gasteiger partial charge in [0.15, 0.2) is 5.78 Å². The van der Waals surface area contributed by atoms with E-state index in [0.717, 1.165) is 5.57 Å². The molecule has 0 aromatic heterocycles. The molecule has 1 saturated heterocycles. The molecule has 0 radical (unpaired) electrons. The minimum Gasteiger partial charge on any atom is -0.392 e. The van der Waals surface area contributed by atoms with Crippen molar-refractivity contribution in [1.29, 1.82) is 0 Å². The Morgan fingerprint density at radius 3 is 2.16 bits per heavy atom. The highest BCUT2D eigenvalue weighted by Gasteiger charge is 2.50. The molecule has 2 aliphatic heterocycles. The lowest BCUT2D eigenvalue weighted by Crippen LogP contribution is -2.59. The van der Waals surface area contributed by atoms with Crippen molar-refractivity contribution >= 4 is 29.2 Å². The van der Waals surface area contributed by atoms with Crippen LogP contribution in [0.25, 0.3) is 0 Å². The minimum atomic E-state index is -1.18. The number of rotatable bonds is 14. The Labute approximate surface area is 220 Å². The molecule has 38 heavy (non-hydrogen) atoms. The maximum Gasteiger partial charge on any atom is 0.269 e. The number of ketones is 1. The van der Waals surface area contributed by atoms with E-state index in [1.165, 1.54) is 20.3 Å². The van der Waals surface area contributed by atoms with Gasteiger partial charge in [-0.2, -0.15) is 0 Å². The summed E-state index contributed by atoms with van der Waals surface area (Å²) in [5.74, 6) is -2.51. The second kappa shape index (κ2) is 13.1. The fraction of sp³-hybridized carbons (Fsp3) is 0.640. The van der Waals surface area contributed by atoms with E-state index in [4.69, 9.17) is 19.0 Å². The smallest absolute Gasteiger partial charge is 0.269 e. The van der Waals surface area contributed by atoms with Crippen LogP contribution in [0, 0.1) is 0 Å². The molecule has 0 bridgehead atoms. The Hall–Kier alpha value is -3.16. The van der Waals surface area contributed by atoms with E-state index >= 15 is 0 Å². The maximum absolute atomic E-state index is 13.4. The van der Waals surface area contributed by atoms with Crippen LogP contribution in [-0.4, -0.2) is 93.1 Å². The van der Waals surface area contributed by atoms with E-state index in [-0.39, 0.29) is 56.1 Å². The highest BCUT2D eigenvalue weighted by atomic mass is 19.1. The minimum absolute atomic E-state index is 0.140. The SMILES string of the molecule is COC[C@H](NC(=O)C1=NOC(C)C1)C(=O)N[C@@H](COC)C(=O)N[C@@H](CC1=CC=C(F)CC1)C(=O)[C@@]1(C)CO1. The van der Waals surface area contributed by atoms with Gasteiger partial charge >= 0.3 is 0 Å². The van der Waals surface area contributed by atoms with Gasteiger partial charge in [-0.3, -0.25) is 19.2 Å². The number of epoxide rings is 1. The zero-order chi connectivity index (χ0) is 27.9. The molecule has 2 heterocycles. The second-order valence-electron chi connectivity index (χ2n) is 9.74. The van der Waals surface area contributed by atoms with Crippen LogP contribution in [-0.2, 0) is 38.2 Å². The number of oxime groups is 1. The van der Waals surface area contributed by atoms with E-state index in [1.807, 2.05) is 0 Å². The Morgan fingerprint density at radius 1 is 1.05 bits per heavy atom. The first kappa shape index (κ1) is 29.4. The third-order valence-corrected chi connectivity index (χ3v) is 6.39. The van der Waals surface area contributed by atoms with E-state index in [0.29, 0.717) is 12.8 Å². The van der Waals surface area contributed by atoms with Crippen LogP contribution in [0.5, 0.6) is 0 Å². The molecule has 5 atom stereocenters. The fourth-order valence-electron chi connectivity index (χ4n) is 4.04. The summed E-state index contributed by atoms with van der Waals surface area (Å²) in [6, 6.07) is -3.27. The topological polar surface area (TPSA) is 157 Å². The zero-order valence-corrected chi connectivity index (χ0v) is 22.0. The molecule has 3 aliphatic rings. The number of ether oxygens (including phenoxy) is 3. The van der Waals surface area contributed by atoms with Crippen LogP contribution in [0.4, 0.5) is 4.39 Å². The van der Waals surface area contributed by atoms with Crippen molar-refractivity contribution in [1.82, 2.24) is 16.0 Å². The fourth-order valence-corrected chi connectivity index (χ4v) is 4.04. The van der Waals surface area contributed by atoms with E-state index < -0.39 is 41.4 Å². The molecule has 210 valence electrons. The number of halogens is 1. The van der Waals surface area contributed by atoms with Gasteiger partial charge in [0.1, 0.15) is 35.3 Å². The van der Waals surface area contributed by atoms with Gasteiger partial charge < -0.3 is 35.0 Å². The number of nitrogens with one attached hydrogen (secondary N) is 3. The summed E-state index contributed by atoms with van der Waals surface area (Å²) in [7, 11) is 2.72. The number of methoxy groups -OCH3 is 2. The molecular formula is C25H35FN4O8. The first-order chi connectivity index (χ1) is 18.1. The third-order valence-electron chi connectivity index (χ3n) is 6.39. The number of nitrogens with zero attached hydrogens (tertiary/aromatic N) is 1. The highest BCUT2D eigenvalue weighted by molar-refractivity contribution is 6.39. The molecule has 0 aromatic carbocycles. The van der Waals surface area contributed by atoms with Gasteiger partial charge in [-0.25, -0.2) is 4.39 Å². The second-order valence-corrected chi connectivity index (χ2v) is 9.74. The number of hydrogen-bond donors (Lipinski definition) is 3. The zero-order valence-electron chi connectivity index (χ0n) is 22.0. The molecule has 13 heteroatoms. The lowest BCUT2D eigenvalue weighted by molar-refractivity contribution is -0.135. The predicted molar refractivity (Wildman–Crippen MR) is 133 cm³/mol. The molecule has 0 saturated carbocycles. The van der Waals surface area contributed by atoms with Crippen molar-refractivity contribution in [2.75, 3.05) is 34.0 Å². The van der Waals surface area contributed by atoms with Gasteiger partial charge in [-0.05, 0) is 32.8 Å². The lowest BCUT2D eigenvalue weighted by atomic mass is 9.91. The van der Waals surface area contributed by atoms with Gasteiger partial charge in [0, 0.05) is 27.1 Å². The molecule has 0 spiro atoms. The van der Waals surface area contributed by atoms with Crippen LogP contribution in [0.1, 0.15) is 39.5 Å². The van der Waals surface area contributed by atoms with Crippen LogP contribution < -0.4 is 16.0 Å². The van der Waals surface area contributed by atoms with Gasteiger partial charge in [-0.1, -0.05) is 16.8 Å². The van der Waals surface area contributed by atoms with Crippen molar-refractivity contribution in [2.24, 2.45) is 5.16 Å². The van der Waals surface area contributed by atoms with Gasteiger partial charge in [0.25, 0.3) is 5.91 Å². The lowest BCUT2D eigenvalue weighted by Gasteiger charge is -2.26. The molecule has 0 aromatic rings. The van der Waals surface area contributed by atoms with E-state index in [1.54, 1.807) is 19.9 Å². The summed E-state index contributed by atoms with van der Waals surface area (Å²) < 4.78 is 28.9. The number of allylic oxidation sites excluding steroid dienone is 3. The van der Waals surface area contributed by atoms with Crippen molar-refractivity contribution in [3.8, 4) is 0 Å². The number of carbonyl (C=O) groups excluding carboxylic acids is 4. The van der Waals surface area contributed by atoms with Crippen LogP contribution in [0.2, 0.25) is 0 Å². The van der Waals surface area contributed by atoms with Crippen molar-refractivity contribution in [2.45, 2.75) is 69.4 Å². The Morgan fingerprint density at radius 2 is 1.66 bits per heavy atom. The molecule has 3 rings (SSSR count). The predicted octanol–water partition coefficient (Wildman–Crippen LogP) is 0.220. The van der Waals surface area contributed by atoms with Gasteiger partial charge in [-0.15, -0.1) is 0 Å². The third kappa shape index (κ3) is 7.92. The molecule has 1 fully saturated rings. The Bertz CT molecular complexity index is 1020. The van der Waals surface area contributed by atoms with Crippen LogP contribution >= 0.6 is 0 Å². The van der Waals surface area contributed by atoms with Crippen LogP contribution in [0.15, 0.2) is 28.7 Å². The van der Waals surface area contributed by atoms with Crippen molar-refractivity contribution in [3.05, 3.63) is 23.6 Å². The maximum atomic E-state index is 13.4. The van der Waals surface area contributed by atoms with Crippen molar-refractivity contribution < 1.29 is 42.6 Å². The Kier molecular flexibility index (Phi) is 10.1. The first-order valence-electron chi connectivity index (χ1n) is 12.4. The Balaban J connectivity index is 1.68. The summed E-state index contributed by atoms with van der Waals surface area (Å²) in [4.78, 5) is 56.9. The largest absolute Gasteiger partial charge is 0.392 e. The summed E-state index contributed by atoms with van der Waals surface area (Å²) >= 11 is 0. The molecule has 3 N–H and O–H groups in total. The molecule has 1 unspecified atom stereocenters. The van der Waals surface area contributed by atoms with Crippen LogP contribution in [0.3, 0.4) is 0 Å². The monoisotopic (exact) mass is 538 g/mol. The quantitative estimate of drug-likeness (QED) is 0.265. The number of amides is 3. The number of Topliss-reactive ketones (excluding diaryl/α,β-unsaturated/α-hetero) is 1. The molecule has 3 amide bonds. The molecule has 1 aliphatic carbocycles. The average molecular weight is 539 g/mol. The standard InChI is InChI=1S/C25H35FN4O8/c1-14-9-18(30-38-14)22(32)28-20(12-36-4)24(34)29-19(11-35-3)23(33)27-17(21(31)25(2)13-37-25)10-15-5-7-16(26)8-6-15/h5,7,14,17,19-20H,6,8-13H2,1-4H3,(H,27,33)(H,28,32)(H,29,34)/t14?,17-,19-,20-,25+/m0/s1. The summed E-state index contributed by atoms with van der Waals surface area (Å²) in [5.41, 5.74) is -0.0641.